The number of imidazole rings is 1. The number of aromatic nitrogens is 2. The number of allylic oxidation sites excluding steroid dienone is 1. The number of hydrogen-bond donors (Lipinski definition) is 1. The lowest BCUT2D eigenvalue weighted by atomic mass is 10.2. The molecule has 0 unspecified atom stereocenters. The molecule has 0 aliphatic carbocycles. The first-order valence-electron chi connectivity index (χ1n) is 6.02. The molecule has 1 rings (SSSR count). The molecule has 0 aromatic carbocycles. The highest BCUT2D eigenvalue weighted by Gasteiger charge is 1.94. The van der Waals surface area contributed by atoms with Crippen LogP contribution in [0.4, 0.5) is 0 Å². The molecule has 1 aromatic rings. The average Bonchev–Trinajstić information content (AvgIpc) is 2.62. The molecule has 0 saturated heterocycles. The highest BCUT2D eigenvalue weighted by molar-refractivity contribution is 4.98. The van der Waals surface area contributed by atoms with Gasteiger partial charge in [-0.15, -0.1) is 0 Å². The Bertz CT molecular complexity index is 313. The lowest BCUT2D eigenvalue weighted by Gasteiger charge is -2.04. The van der Waals surface area contributed by atoms with E-state index < -0.39 is 0 Å². The quantitative estimate of drug-likeness (QED) is 0.565. The summed E-state index contributed by atoms with van der Waals surface area (Å²) in [4.78, 5) is 4.27. The van der Waals surface area contributed by atoms with Gasteiger partial charge < -0.3 is 9.88 Å². The predicted octanol–water partition coefficient (Wildman–Crippen LogP) is 2.15. The van der Waals surface area contributed by atoms with Gasteiger partial charge in [-0.05, 0) is 25.4 Å². The zero-order valence-electron chi connectivity index (χ0n) is 10.6. The first-order chi connectivity index (χ1) is 7.70. The van der Waals surface area contributed by atoms with Crippen molar-refractivity contribution in [3.8, 4) is 0 Å². The molecule has 0 aliphatic heterocycles. The van der Waals surface area contributed by atoms with Crippen molar-refractivity contribution in [3.63, 3.8) is 0 Å². The second kappa shape index (κ2) is 7.23. The first-order valence-corrected chi connectivity index (χ1v) is 6.02. The number of nitrogens with one attached hydrogen (secondary N) is 1. The molecule has 3 nitrogen and oxygen atoms in total. The fourth-order valence-corrected chi connectivity index (χ4v) is 1.48. The molecule has 0 amide bonds. The molecule has 1 heterocycles. The Balaban J connectivity index is 2.07. The molecule has 0 fully saturated rings. The first kappa shape index (κ1) is 13.0. The number of nitrogens with zero attached hydrogens (tertiary/aromatic N) is 2. The number of aryl methyl sites for hydroxylation is 1. The standard InChI is InChI=1S/C13H23N3/c1-12(2)11-14-8-6-4-5-7-13-15-9-10-16(13)3/h4-5,9-10,12,14H,6-8,11H2,1-3H3. The van der Waals surface area contributed by atoms with Gasteiger partial charge in [-0.2, -0.15) is 0 Å². The van der Waals surface area contributed by atoms with Crippen LogP contribution in [0.3, 0.4) is 0 Å². The molecule has 0 saturated carbocycles. The normalized spacial score (nSPS) is 11.8. The molecule has 0 bridgehead atoms. The van der Waals surface area contributed by atoms with Crippen molar-refractivity contribution in [1.29, 1.82) is 0 Å². The second-order valence-electron chi connectivity index (χ2n) is 4.52. The lowest BCUT2D eigenvalue weighted by Crippen LogP contribution is -2.20. The SMILES string of the molecule is CC(C)CNCCC=CCc1nccn1C. The van der Waals surface area contributed by atoms with E-state index in [-0.39, 0.29) is 0 Å². The molecule has 0 aliphatic rings. The van der Waals surface area contributed by atoms with Crippen LogP contribution in [0.2, 0.25) is 0 Å². The highest BCUT2D eigenvalue weighted by Crippen LogP contribution is 1.97. The summed E-state index contributed by atoms with van der Waals surface area (Å²) in [6, 6.07) is 0. The van der Waals surface area contributed by atoms with E-state index in [0.29, 0.717) is 0 Å². The summed E-state index contributed by atoms with van der Waals surface area (Å²) in [7, 11) is 2.03. The Labute approximate surface area is 98.6 Å². The average molecular weight is 221 g/mol. The van der Waals surface area contributed by atoms with Gasteiger partial charge in [0.15, 0.2) is 0 Å². The Hall–Kier alpha value is -1.09. The van der Waals surface area contributed by atoms with E-state index in [9.17, 15) is 0 Å². The maximum absolute atomic E-state index is 4.27. The van der Waals surface area contributed by atoms with E-state index in [2.05, 4.69) is 40.9 Å². The third-order valence-corrected chi connectivity index (χ3v) is 2.43. The van der Waals surface area contributed by atoms with Crippen LogP contribution in [0.25, 0.3) is 0 Å². The summed E-state index contributed by atoms with van der Waals surface area (Å²) in [6.07, 6.45) is 10.3. The van der Waals surface area contributed by atoms with E-state index in [1.165, 1.54) is 0 Å². The van der Waals surface area contributed by atoms with Crippen LogP contribution in [0.1, 0.15) is 26.1 Å². The van der Waals surface area contributed by atoms with Crippen LogP contribution in [-0.2, 0) is 13.5 Å². The van der Waals surface area contributed by atoms with Crippen molar-refractivity contribution in [2.45, 2.75) is 26.7 Å². The monoisotopic (exact) mass is 221 g/mol. The van der Waals surface area contributed by atoms with Gasteiger partial charge >= 0.3 is 0 Å². The zero-order valence-corrected chi connectivity index (χ0v) is 10.6. The minimum absolute atomic E-state index is 0.733. The summed E-state index contributed by atoms with van der Waals surface area (Å²) >= 11 is 0. The van der Waals surface area contributed by atoms with Crippen molar-refractivity contribution < 1.29 is 0 Å². The van der Waals surface area contributed by atoms with E-state index >= 15 is 0 Å². The van der Waals surface area contributed by atoms with Gasteiger partial charge in [0.05, 0.1) is 0 Å². The van der Waals surface area contributed by atoms with Crippen molar-refractivity contribution in [1.82, 2.24) is 14.9 Å². The summed E-state index contributed by atoms with van der Waals surface area (Å²) in [5.41, 5.74) is 0. The summed E-state index contributed by atoms with van der Waals surface area (Å²) in [6.45, 7) is 6.62. The second-order valence-corrected chi connectivity index (χ2v) is 4.52. The largest absolute Gasteiger partial charge is 0.338 e. The van der Waals surface area contributed by atoms with Gasteiger partial charge in [0.1, 0.15) is 5.82 Å². The van der Waals surface area contributed by atoms with Gasteiger partial charge in [-0.25, -0.2) is 4.98 Å². The fraction of sp³-hybridized carbons (Fsp3) is 0.615. The smallest absolute Gasteiger partial charge is 0.112 e. The molecule has 16 heavy (non-hydrogen) atoms. The predicted molar refractivity (Wildman–Crippen MR) is 68.4 cm³/mol. The molecule has 90 valence electrons. The Morgan fingerprint density at radius 1 is 1.44 bits per heavy atom. The lowest BCUT2D eigenvalue weighted by molar-refractivity contribution is 0.556. The van der Waals surface area contributed by atoms with Crippen LogP contribution in [0.5, 0.6) is 0 Å². The highest BCUT2D eigenvalue weighted by atomic mass is 15.0. The van der Waals surface area contributed by atoms with Crippen LogP contribution >= 0.6 is 0 Å². The molecular formula is C13H23N3. The molecule has 3 heteroatoms. The topological polar surface area (TPSA) is 29.9 Å². The van der Waals surface area contributed by atoms with E-state index in [1.54, 1.807) is 0 Å². The Morgan fingerprint density at radius 3 is 2.88 bits per heavy atom. The van der Waals surface area contributed by atoms with Crippen molar-refractivity contribution >= 4 is 0 Å². The summed E-state index contributed by atoms with van der Waals surface area (Å²) in [5, 5.41) is 3.42. The Kier molecular flexibility index (Phi) is 5.86. The molecule has 0 spiro atoms. The van der Waals surface area contributed by atoms with Gasteiger partial charge in [0.2, 0.25) is 0 Å². The van der Waals surface area contributed by atoms with E-state index in [4.69, 9.17) is 0 Å². The molecule has 0 atom stereocenters. The molecular weight excluding hydrogens is 198 g/mol. The van der Waals surface area contributed by atoms with Crippen LogP contribution in [-0.4, -0.2) is 22.6 Å². The Morgan fingerprint density at radius 2 is 2.25 bits per heavy atom. The zero-order chi connectivity index (χ0) is 11.8. The molecule has 1 aromatic heterocycles. The fourth-order valence-electron chi connectivity index (χ4n) is 1.48. The maximum atomic E-state index is 4.27. The summed E-state index contributed by atoms with van der Waals surface area (Å²) < 4.78 is 2.06. The van der Waals surface area contributed by atoms with Crippen LogP contribution in [0, 0.1) is 5.92 Å². The third-order valence-electron chi connectivity index (χ3n) is 2.43. The van der Waals surface area contributed by atoms with Crippen molar-refractivity contribution in [3.05, 3.63) is 30.4 Å². The minimum Gasteiger partial charge on any atom is -0.338 e. The van der Waals surface area contributed by atoms with E-state index in [1.807, 2.05) is 19.4 Å². The molecule has 0 radical (unpaired) electrons. The minimum atomic E-state index is 0.733. The third kappa shape index (κ3) is 5.12. The number of rotatable bonds is 7. The summed E-state index contributed by atoms with van der Waals surface area (Å²) in [5.74, 6) is 1.85. The van der Waals surface area contributed by atoms with E-state index in [0.717, 1.165) is 37.7 Å². The van der Waals surface area contributed by atoms with Crippen molar-refractivity contribution in [2.24, 2.45) is 13.0 Å². The molecule has 1 N–H and O–H groups in total. The maximum Gasteiger partial charge on any atom is 0.112 e. The van der Waals surface area contributed by atoms with Crippen LogP contribution in [0.15, 0.2) is 24.5 Å². The van der Waals surface area contributed by atoms with Gasteiger partial charge in [-0.1, -0.05) is 26.0 Å². The van der Waals surface area contributed by atoms with Gasteiger partial charge in [0, 0.05) is 25.9 Å². The van der Waals surface area contributed by atoms with Crippen molar-refractivity contribution in [2.75, 3.05) is 13.1 Å². The number of hydrogen-bond acceptors (Lipinski definition) is 2. The van der Waals surface area contributed by atoms with Gasteiger partial charge in [0.25, 0.3) is 0 Å². The van der Waals surface area contributed by atoms with Gasteiger partial charge in [-0.3, -0.25) is 0 Å². The van der Waals surface area contributed by atoms with Crippen LogP contribution < -0.4 is 5.32 Å².